The molecular weight excluding hydrogens is 456 g/mol. The zero-order valence-corrected chi connectivity index (χ0v) is 21.2. The van der Waals surface area contributed by atoms with E-state index in [1.54, 1.807) is 6.07 Å². The fourth-order valence-corrected chi connectivity index (χ4v) is 5.21. The minimum atomic E-state index is -1.01. The van der Waals surface area contributed by atoms with E-state index in [0.717, 1.165) is 61.3 Å². The number of piperazine rings is 1. The first-order valence-electron chi connectivity index (χ1n) is 12.2. The smallest absolute Gasteiger partial charge is 0.407 e. The second-order valence-electron chi connectivity index (χ2n) is 9.69. The highest BCUT2D eigenvalue weighted by atomic mass is 35.5. The molecule has 1 aromatic rings. The normalized spacial score (nSPS) is 19.3. The maximum absolute atomic E-state index is 12.9. The van der Waals surface area contributed by atoms with Gasteiger partial charge in [-0.3, -0.25) is 14.5 Å². The third-order valence-electron chi connectivity index (χ3n) is 7.07. The first-order chi connectivity index (χ1) is 16.2. The Morgan fingerprint density at radius 2 is 1.91 bits per heavy atom. The summed E-state index contributed by atoms with van der Waals surface area (Å²) < 4.78 is 0. The van der Waals surface area contributed by atoms with Crippen LogP contribution < -0.4 is 5.32 Å². The van der Waals surface area contributed by atoms with Gasteiger partial charge in [-0.1, -0.05) is 24.4 Å². The fourth-order valence-electron chi connectivity index (χ4n) is 4.97. The van der Waals surface area contributed by atoms with Crippen LogP contribution in [0.25, 0.3) is 0 Å². The van der Waals surface area contributed by atoms with Crippen molar-refractivity contribution in [1.82, 2.24) is 14.7 Å². The first-order valence-corrected chi connectivity index (χ1v) is 12.6. The first kappa shape index (κ1) is 26.3. The summed E-state index contributed by atoms with van der Waals surface area (Å²) in [4.78, 5) is 41.7. The molecule has 188 valence electrons. The van der Waals surface area contributed by atoms with E-state index in [0.29, 0.717) is 36.1 Å². The second-order valence-corrected chi connectivity index (χ2v) is 10.1. The quantitative estimate of drug-likeness (QED) is 0.567. The summed E-state index contributed by atoms with van der Waals surface area (Å²) >= 11 is 6.38. The molecule has 1 aromatic carbocycles. The molecule has 0 aromatic heterocycles. The van der Waals surface area contributed by atoms with Gasteiger partial charge in [0.05, 0.1) is 0 Å². The van der Waals surface area contributed by atoms with Gasteiger partial charge in [0, 0.05) is 68.9 Å². The van der Waals surface area contributed by atoms with E-state index < -0.39 is 6.09 Å². The molecule has 3 rings (SSSR count). The predicted molar refractivity (Wildman–Crippen MR) is 133 cm³/mol. The summed E-state index contributed by atoms with van der Waals surface area (Å²) in [5.74, 6) is 0.366. The molecule has 1 saturated carbocycles. The van der Waals surface area contributed by atoms with Gasteiger partial charge in [-0.2, -0.15) is 0 Å². The maximum atomic E-state index is 12.9. The van der Waals surface area contributed by atoms with Gasteiger partial charge in [0.2, 0.25) is 11.8 Å². The lowest BCUT2D eigenvalue weighted by Gasteiger charge is -2.41. The number of hydrogen-bond acceptors (Lipinski definition) is 4. The second kappa shape index (κ2) is 11.9. The number of hydrogen-bond donors (Lipinski definition) is 2. The number of nitrogens with zero attached hydrogens (tertiary/aromatic N) is 3. The summed E-state index contributed by atoms with van der Waals surface area (Å²) in [6.07, 6.45) is 4.05. The molecule has 1 aliphatic heterocycles. The Balaban J connectivity index is 1.56. The molecule has 2 aliphatic rings. The largest absolute Gasteiger partial charge is 0.465 e. The van der Waals surface area contributed by atoms with Crippen LogP contribution in [0.4, 0.5) is 10.5 Å². The van der Waals surface area contributed by atoms with Crippen LogP contribution in [0.1, 0.15) is 56.6 Å². The van der Waals surface area contributed by atoms with E-state index in [4.69, 9.17) is 16.7 Å². The molecule has 1 aliphatic carbocycles. The monoisotopic (exact) mass is 492 g/mol. The highest BCUT2D eigenvalue weighted by Crippen LogP contribution is 2.29. The molecule has 0 bridgehead atoms. The number of benzene rings is 1. The number of halogens is 1. The number of rotatable bonds is 8. The van der Waals surface area contributed by atoms with Crippen molar-refractivity contribution in [3.05, 3.63) is 28.3 Å². The van der Waals surface area contributed by atoms with Gasteiger partial charge in [-0.05, 0) is 56.4 Å². The van der Waals surface area contributed by atoms with E-state index in [9.17, 15) is 14.4 Å². The van der Waals surface area contributed by atoms with Crippen LogP contribution in [-0.2, 0) is 16.1 Å². The highest BCUT2D eigenvalue weighted by Gasteiger charge is 2.33. The SMILES string of the molecule is Cc1c(CN2CCN(C(=O)C3CCCC3)C(C)C2)cc(Cl)cc1NC(=O)CCCN(C)C(=O)O. The van der Waals surface area contributed by atoms with E-state index in [2.05, 4.69) is 22.0 Å². The van der Waals surface area contributed by atoms with E-state index in [1.807, 2.05) is 13.0 Å². The molecule has 1 unspecified atom stereocenters. The molecule has 2 fully saturated rings. The molecular formula is C25H37ClN4O4. The summed E-state index contributed by atoms with van der Waals surface area (Å²) in [5.41, 5.74) is 2.70. The Morgan fingerprint density at radius 3 is 2.56 bits per heavy atom. The summed E-state index contributed by atoms with van der Waals surface area (Å²) in [5, 5.41) is 12.4. The molecule has 1 heterocycles. The summed E-state index contributed by atoms with van der Waals surface area (Å²) in [7, 11) is 1.49. The van der Waals surface area contributed by atoms with Gasteiger partial charge in [-0.15, -0.1) is 0 Å². The van der Waals surface area contributed by atoms with Gasteiger partial charge < -0.3 is 20.2 Å². The number of carboxylic acid groups (broad SMARTS) is 1. The van der Waals surface area contributed by atoms with Crippen molar-refractivity contribution in [3.63, 3.8) is 0 Å². The lowest BCUT2D eigenvalue weighted by Crippen LogP contribution is -2.54. The molecule has 9 heteroatoms. The Bertz CT molecular complexity index is 903. The van der Waals surface area contributed by atoms with Gasteiger partial charge in [0.25, 0.3) is 0 Å². The Kier molecular flexibility index (Phi) is 9.19. The summed E-state index contributed by atoms with van der Waals surface area (Å²) in [6, 6.07) is 3.86. The number of amides is 3. The van der Waals surface area contributed by atoms with Crippen molar-refractivity contribution in [2.75, 3.05) is 38.5 Å². The molecule has 1 saturated heterocycles. The van der Waals surface area contributed by atoms with Gasteiger partial charge in [0.1, 0.15) is 0 Å². The van der Waals surface area contributed by atoms with Crippen LogP contribution in [0, 0.1) is 12.8 Å². The molecule has 0 spiro atoms. The maximum Gasteiger partial charge on any atom is 0.407 e. The van der Waals surface area contributed by atoms with Gasteiger partial charge in [-0.25, -0.2) is 4.79 Å². The standard InChI is InChI=1S/C25H37ClN4O4/c1-17-15-29(11-12-30(17)24(32)19-7-4-5-8-19)16-20-13-21(26)14-22(18(20)2)27-23(31)9-6-10-28(3)25(33)34/h13-14,17,19H,4-12,15-16H2,1-3H3,(H,27,31)(H,33,34). The van der Waals surface area contributed by atoms with Crippen molar-refractivity contribution in [1.29, 1.82) is 0 Å². The van der Waals surface area contributed by atoms with Crippen molar-refractivity contribution in [2.45, 2.75) is 65.0 Å². The van der Waals surface area contributed by atoms with Gasteiger partial charge in [0.15, 0.2) is 0 Å². The molecule has 8 nitrogen and oxygen atoms in total. The van der Waals surface area contributed by atoms with Crippen LogP contribution in [0.3, 0.4) is 0 Å². The lowest BCUT2D eigenvalue weighted by molar-refractivity contribution is -0.140. The van der Waals surface area contributed by atoms with Crippen LogP contribution >= 0.6 is 11.6 Å². The minimum absolute atomic E-state index is 0.164. The third kappa shape index (κ3) is 6.85. The topological polar surface area (TPSA) is 93.2 Å². The van der Waals surface area contributed by atoms with Crippen molar-refractivity contribution < 1.29 is 19.5 Å². The van der Waals surface area contributed by atoms with Crippen LogP contribution in [0.5, 0.6) is 0 Å². The van der Waals surface area contributed by atoms with Crippen molar-refractivity contribution >= 4 is 35.2 Å². The molecule has 0 radical (unpaired) electrons. The average molecular weight is 493 g/mol. The van der Waals surface area contributed by atoms with Crippen LogP contribution in [-0.4, -0.2) is 77.0 Å². The third-order valence-corrected chi connectivity index (χ3v) is 7.29. The van der Waals surface area contributed by atoms with Crippen molar-refractivity contribution in [3.8, 4) is 0 Å². The Labute approximate surface area is 207 Å². The zero-order chi connectivity index (χ0) is 24.8. The number of anilines is 1. The van der Waals surface area contributed by atoms with Crippen LogP contribution in [0.2, 0.25) is 5.02 Å². The van der Waals surface area contributed by atoms with Crippen molar-refractivity contribution in [2.24, 2.45) is 5.92 Å². The highest BCUT2D eigenvalue weighted by molar-refractivity contribution is 6.31. The Hall–Kier alpha value is -2.32. The minimum Gasteiger partial charge on any atom is -0.465 e. The van der Waals surface area contributed by atoms with E-state index >= 15 is 0 Å². The average Bonchev–Trinajstić information content (AvgIpc) is 3.31. The number of carbonyl (C=O) groups excluding carboxylic acids is 2. The van der Waals surface area contributed by atoms with E-state index in [1.165, 1.54) is 7.05 Å². The predicted octanol–water partition coefficient (Wildman–Crippen LogP) is 4.20. The zero-order valence-electron chi connectivity index (χ0n) is 20.5. The van der Waals surface area contributed by atoms with Gasteiger partial charge >= 0.3 is 6.09 Å². The Morgan fingerprint density at radius 1 is 1.21 bits per heavy atom. The number of carbonyl (C=O) groups is 3. The van der Waals surface area contributed by atoms with Crippen LogP contribution in [0.15, 0.2) is 12.1 Å². The fraction of sp³-hybridized carbons (Fsp3) is 0.640. The molecule has 34 heavy (non-hydrogen) atoms. The number of nitrogens with one attached hydrogen (secondary N) is 1. The summed E-state index contributed by atoms with van der Waals surface area (Å²) in [6.45, 7) is 7.46. The van der Waals surface area contributed by atoms with E-state index in [-0.39, 0.29) is 24.3 Å². The lowest BCUT2D eigenvalue weighted by atomic mass is 10.0. The molecule has 1 atom stereocenters. The molecule has 2 N–H and O–H groups in total. The molecule has 3 amide bonds.